The summed E-state index contributed by atoms with van der Waals surface area (Å²) in [6.07, 6.45) is 3.35. The molecule has 25 heavy (non-hydrogen) atoms. The van der Waals surface area contributed by atoms with Crippen LogP contribution in [0.2, 0.25) is 0 Å². The van der Waals surface area contributed by atoms with Crippen LogP contribution < -0.4 is 15.4 Å². The van der Waals surface area contributed by atoms with Gasteiger partial charge in [0.1, 0.15) is 5.75 Å². The smallest absolute Gasteiger partial charge is 0.234 e. The van der Waals surface area contributed by atoms with E-state index in [1.807, 2.05) is 48.5 Å². The third kappa shape index (κ3) is 3.13. The second-order valence-electron chi connectivity index (χ2n) is 5.89. The Hall–Kier alpha value is -3.08. The molecule has 1 unspecified atom stereocenters. The minimum atomic E-state index is -0.104. The van der Waals surface area contributed by atoms with Gasteiger partial charge in [-0.25, -0.2) is 0 Å². The minimum absolute atomic E-state index is 0.0997. The Balaban J connectivity index is 1.90. The Kier molecular flexibility index (Phi) is 4.84. The van der Waals surface area contributed by atoms with Gasteiger partial charge in [0.2, 0.25) is 5.91 Å². The van der Waals surface area contributed by atoms with Gasteiger partial charge in [0.25, 0.3) is 0 Å². The van der Waals surface area contributed by atoms with Crippen molar-refractivity contribution in [3.63, 3.8) is 0 Å². The first kappa shape index (κ1) is 16.8. The third-order valence-electron chi connectivity index (χ3n) is 4.55. The Labute approximate surface area is 147 Å². The van der Waals surface area contributed by atoms with E-state index < -0.39 is 0 Å². The van der Waals surface area contributed by atoms with Crippen LogP contribution in [0.25, 0.3) is 5.57 Å². The fraction of sp³-hybridized carbons (Fsp3) is 0.200. The number of ether oxygens (including phenoxy) is 1. The van der Waals surface area contributed by atoms with E-state index in [1.165, 1.54) is 12.4 Å². The van der Waals surface area contributed by atoms with Crippen molar-refractivity contribution in [2.24, 2.45) is 5.73 Å². The van der Waals surface area contributed by atoms with Gasteiger partial charge >= 0.3 is 0 Å². The number of hydrogen-bond acceptors (Lipinski definition) is 4. The van der Waals surface area contributed by atoms with Gasteiger partial charge < -0.3 is 20.8 Å². The van der Waals surface area contributed by atoms with E-state index in [1.54, 1.807) is 12.0 Å². The number of nitrogens with one attached hydrogen (secondary N) is 1. The maximum absolute atomic E-state index is 12.9. The van der Waals surface area contributed by atoms with E-state index in [9.17, 15) is 4.79 Å². The molecule has 1 heterocycles. The predicted octanol–water partition coefficient (Wildman–Crippen LogP) is 3.16. The van der Waals surface area contributed by atoms with Gasteiger partial charge in [-0.3, -0.25) is 4.79 Å². The standard InChI is InChI=1S/C20H21N3O2/c1-25-19-11-16(7-8-17(19)15(12-21)13-22)23-10-9-18(20(23)24)14-5-3-2-4-6-14/h2-8,11-13,18,21H,9-10,22H2,1H3/b15-13+,21-12?. The number of amides is 1. The molecule has 1 fully saturated rings. The largest absolute Gasteiger partial charge is 0.496 e. The van der Waals surface area contributed by atoms with Crippen molar-refractivity contribution < 1.29 is 9.53 Å². The van der Waals surface area contributed by atoms with Crippen molar-refractivity contribution in [2.45, 2.75) is 12.3 Å². The number of anilines is 1. The van der Waals surface area contributed by atoms with Crippen molar-refractivity contribution in [3.05, 3.63) is 65.9 Å². The summed E-state index contributed by atoms with van der Waals surface area (Å²) in [6, 6.07) is 15.4. The zero-order valence-corrected chi connectivity index (χ0v) is 14.1. The molecule has 1 aliphatic rings. The number of benzene rings is 2. The highest BCUT2D eigenvalue weighted by Gasteiger charge is 2.33. The summed E-state index contributed by atoms with van der Waals surface area (Å²) in [6.45, 7) is 0.672. The molecular weight excluding hydrogens is 314 g/mol. The first-order chi connectivity index (χ1) is 12.2. The number of hydrogen-bond donors (Lipinski definition) is 2. The van der Waals surface area contributed by atoms with Gasteiger partial charge in [-0.05, 0) is 24.1 Å². The zero-order valence-electron chi connectivity index (χ0n) is 14.1. The van der Waals surface area contributed by atoms with E-state index in [-0.39, 0.29) is 11.8 Å². The highest BCUT2D eigenvalue weighted by atomic mass is 16.5. The molecule has 0 aromatic heterocycles. The Morgan fingerprint density at radius 1 is 1.28 bits per heavy atom. The van der Waals surface area contributed by atoms with Crippen LogP contribution in [0.15, 0.2) is 54.7 Å². The molecule has 0 bridgehead atoms. The molecule has 1 saturated heterocycles. The number of methoxy groups -OCH3 is 1. The molecule has 5 nitrogen and oxygen atoms in total. The van der Waals surface area contributed by atoms with Gasteiger partial charge in [0.05, 0.1) is 13.0 Å². The van der Waals surface area contributed by atoms with Crippen molar-refractivity contribution in [3.8, 4) is 5.75 Å². The second-order valence-corrected chi connectivity index (χ2v) is 5.89. The Morgan fingerprint density at radius 3 is 2.68 bits per heavy atom. The average molecular weight is 335 g/mol. The van der Waals surface area contributed by atoms with Gasteiger partial charge in [-0.1, -0.05) is 30.3 Å². The minimum Gasteiger partial charge on any atom is -0.496 e. The van der Waals surface area contributed by atoms with Crippen LogP contribution in [0.5, 0.6) is 5.75 Å². The summed E-state index contributed by atoms with van der Waals surface area (Å²) in [5.41, 5.74) is 8.72. The molecule has 3 rings (SSSR count). The molecule has 1 aliphatic heterocycles. The van der Waals surface area contributed by atoms with Crippen molar-refractivity contribution in [2.75, 3.05) is 18.6 Å². The lowest BCUT2D eigenvalue weighted by molar-refractivity contribution is -0.118. The quantitative estimate of drug-likeness (QED) is 0.824. The summed E-state index contributed by atoms with van der Waals surface area (Å²) < 4.78 is 5.44. The number of nitrogens with zero attached hydrogens (tertiary/aromatic N) is 1. The van der Waals surface area contributed by atoms with E-state index in [0.717, 1.165) is 23.2 Å². The Bertz CT molecular complexity index is 815. The summed E-state index contributed by atoms with van der Waals surface area (Å²) in [7, 11) is 1.57. The molecule has 1 atom stereocenters. The topological polar surface area (TPSA) is 79.4 Å². The molecule has 0 spiro atoms. The maximum atomic E-state index is 12.9. The highest BCUT2D eigenvalue weighted by molar-refractivity contribution is 6.09. The van der Waals surface area contributed by atoms with Crippen molar-refractivity contribution >= 4 is 23.4 Å². The Morgan fingerprint density at radius 2 is 2.04 bits per heavy atom. The van der Waals surface area contributed by atoms with Crippen molar-refractivity contribution in [1.29, 1.82) is 5.41 Å². The summed E-state index contributed by atoms with van der Waals surface area (Å²) >= 11 is 0. The highest BCUT2D eigenvalue weighted by Crippen LogP contribution is 2.35. The van der Waals surface area contributed by atoms with E-state index in [2.05, 4.69) is 0 Å². The average Bonchev–Trinajstić information content (AvgIpc) is 3.05. The number of carbonyl (C=O) groups is 1. The molecule has 2 aromatic rings. The van der Waals surface area contributed by atoms with Crippen molar-refractivity contribution in [1.82, 2.24) is 0 Å². The van der Waals surface area contributed by atoms with Crippen LogP contribution in [0.1, 0.15) is 23.5 Å². The lowest BCUT2D eigenvalue weighted by atomic mass is 9.98. The third-order valence-corrected chi connectivity index (χ3v) is 4.55. The SMILES string of the molecule is COc1cc(N2CCC(c3ccccc3)C2=O)ccc1/C(C=N)=C/N. The normalized spacial score (nSPS) is 17.6. The van der Waals surface area contributed by atoms with Crippen LogP contribution >= 0.6 is 0 Å². The molecule has 5 heteroatoms. The fourth-order valence-electron chi connectivity index (χ4n) is 3.23. The van der Waals surface area contributed by atoms with E-state index >= 15 is 0 Å². The van der Waals surface area contributed by atoms with E-state index in [0.29, 0.717) is 17.9 Å². The molecular formula is C20H21N3O2. The summed E-state index contributed by atoms with van der Waals surface area (Å²) in [5, 5.41) is 7.45. The van der Waals surface area contributed by atoms with E-state index in [4.69, 9.17) is 15.9 Å². The molecule has 0 saturated carbocycles. The lowest BCUT2D eigenvalue weighted by Gasteiger charge is -2.19. The maximum Gasteiger partial charge on any atom is 0.234 e. The first-order valence-corrected chi connectivity index (χ1v) is 8.16. The van der Waals surface area contributed by atoms with Gasteiger partial charge in [-0.15, -0.1) is 0 Å². The number of rotatable bonds is 5. The van der Waals surface area contributed by atoms with Crippen LogP contribution in [0, 0.1) is 5.41 Å². The van der Waals surface area contributed by atoms with Crippen LogP contribution in [0.4, 0.5) is 5.69 Å². The lowest BCUT2D eigenvalue weighted by Crippen LogP contribution is -2.26. The summed E-state index contributed by atoms with van der Waals surface area (Å²) in [4.78, 5) is 14.6. The van der Waals surface area contributed by atoms with Crippen LogP contribution in [-0.2, 0) is 4.79 Å². The molecule has 0 radical (unpaired) electrons. The predicted molar refractivity (Wildman–Crippen MR) is 100 cm³/mol. The zero-order chi connectivity index (χ0) is 17.8. The molecule has 1 amide bonds. The molecule has 3 N–H and O–H groups in total. The monoisotopic (exact) mass is 335 g/mol. The number of allylic oxidation sites excluding steroid dienone is 1. The van der Waals surface area contributed by atoms with Gasteiger partial charge in [-0.2, -0.15) is 0 Å². The molecule has 0 aliphatic carbocycles. The first-order valence-electron chi connectivity index (χ1n) is 8.16. The second kappa shape index (κ2) is 7.21. The number of nitrogens with two attached hydrogens (primary N) is 1. The summed E-state index contributed by atoms with van der Waals surface area (Å²) in [5.74, 6) is 0.587. The van der Waals surface area contributed by atoms with Crippen LogP contribution in [-0.4, -0.2) is 25.8 Å². The fourth-order valence-corrected chi connectivity index (χ4v) is 3.23. The molecule has 128 valence electrons. The van der Waals surface area contributed by atoms with Gasteiger partial charge in [0.15, 0.2) is 0 Å². The van der Waals surface area contributed by atoms with Gasteiger partial charge in [0, 0.05) is 41.8 Å². The molecule has 2 aromatic carbocycles. The van der Waals surface area contributed by atoms with Crippen LogP contribution in [0.3, 0.4) is 0 Å². The number of carbonyl (C=O) groups excluding carboxylic acids is 1.